The number of nitrogen functional groups attached to an aromatic ring is 1. The van der Waals surface area contributed by atoms with Crippen molar-refractivity contribution >= 4 is 36.0 Å². The molecule has 1 aromatic heterocycles. The second-order valence-corrected chi connectivity index (χ2v) is 2.24. The first kappa shape index (κ1) is 11.0. The Bertz CT molecular complexity index is 290. The third-order valence-electron chi connectivity index (χ3n) is 1.12. The Hall–Kier alpha value is -1.00. The third-order valence-corrected chi connectivity index (χ3v) is 1.33. The molecule has 0 saturated heterocycles. The average Bonchev–Trinajstić information content (AvgIpc) is 1.95. The van der Waals surface area contributed by atoms with Gasteiger partial charge in [-0.2, -0.15) is 0 Å². The zero-order chi connectivity index (χ0) is 8.27. The number of hydrogen-bond donors (Lipinski definition) is 2. The predicted octanol–water partition coefficient (Wildman–Crippen LogP) is 1.55. The van der Waals surface area contributed by atoms with Crippen molar-refractivity contribution in [3.63, 3.8) is 0 Å². The molecule has 66 valence electrons. The maximum Gasteiger partial charge on any atom is 0.134 e. The molecule has 4 nitrogen and oxygen atoms in total. The van der Waals surface area contributed by atoms with E-state index in [1.54, 1.807) is 12.1 Å². The number of halogens is 2. The predicted molar refractivity (Wildman–Crippen MR) is 50.3 cm³/mol. The van der Waals surface area contributed by atoms with Crippen molar-refractivity contribution in [1.29, 1.82) is 0 Å². The first-order valence-electron chi connectivity index (χ1n) is 2.83. The molecule has 0 amide bonds. The Morgan fingerprint density at radius 3 is 2.75 bits per heavy atom. The number of nitrogens with two attached hydrogens (primary N) is 1. The van der Waals surface area contributed by atoms with Gasteiger partial charge in [0.1, 0.15) is 11.0 Å². The molecule has 0 spiro atoms. The van der Waals surface area contributed by atoms with Gasteiger partial charge < -0.3 is 10.9 Å². The molecule has 0 bridgehead atoms. The van der Waals surface area contributed by atoms with Gasteiger partial charge in [0.15, 0.2) is 0 Å². The van der Waals surface area contributed by atoms with Gasteiger partial charge in [0.25, 0.3) is 0 Å². The smallest absolute Gasteiger partial charge is 0.134 e. The molecule has 6 heteroatoms. The Kier molecular flexibility index (Phi) is 4.39. The quantitative estimate of drug-likeness (QED) is 0.318. The van der Waals surface area contributed by atoms with Crippen LogP contribution >= 0.6 is 24.0 Å². The van der Waals surface area contributed by atoms with Crippen molar-refractivity contribution < 1.29 is 5.21 Å². The van der Waals surface area contributed by atoms with Crippen LogP contribution in [0.3, 0.4) is 0 Å². The fraction of sp³-hybridized carbons (Fsp3) is 0. The van der Waals surface area contributed by atoms with E-state index in [1.165, 1.54) is 6.21 Å². The summed E-state index contributed by atoms with van der Waals surface area (Å²) in [6.45, 7) is 0. The van der Waals surface area contributed by atoms with Crippen LogP contribution in [0.25, 0.3) is 0 Å². The van der Waals surface area contributed by atoms with E-state index >= 15 is 0 Å². The van der Waals surface area contributed by atoms with Crippen LogP contribution in [0.15, 0.2) is 17.3 Å². The monoisotopic (exact) mass is 207 g/mol. The molecule has 1 rings (SSSR count). The summed E-state index contributed by atoms with van der Waals surface area (Å²) >= 11 is 5.52. The maximum absolute atomic E-state index is 8.17. The summed E-state index contributed by atoms with van der Waals surface area (Å²) in [5.41, 5.74) is 5.95. The summed E-state index contributed by atoms with van der Waals surface area (Å²) in [7, 11) is 0. The topological polar surface area (TPSA) is 71.5 Å². The number of oxime groups is 1. The summed E-state index contributed by atoms with van der Waals surface area (Å²) in [4.78, 5) is 3.73. The lowest BCUT2D eigenvalue weighted by Gasteiger charge is -1.96. The molecule has 0 radical (unpaired) electrons. The van der Waals surface area contributed by atoms with E-state index in [1.807, 2.05) is 0 Å². The van der Waals surface area contributed by atoms with E-state index < -0.39 is 0 Å². The molecule has 0 fully saturated rings. The van der Waals surface area contributed by atoms with Crippen molar-refractivity contribution in [2.24, 2.45) is 5.16 Å². The van der Waals surface area contributed by atoms with E-state index in [0.29, 0.717) is 10.7 Å². The zero-order valence-corrected chi connectivity index (χ0v) is 7.51. The van der Waals surface area contributed by atoms with Crippen molar-refractivity contribution in [3.8, 4) is 0 Å². The zero-order valence-electron chi connectivity index (χ0n) is 5.94. The van der Waals surface area contributed by atoms with Gasteiger partial charge in [-0.1, -0.05) is 16.8 Å². The van der Waals surface area contributed by atoms with Crippen LogP contribution in [-0.2, 0) is 0 Å². The first-order chi connectivity index (χ1) is 5.24. The van der Waals surface area contributed by atoms with E-state index in [-0.39, 0.29) is 18.2 Å². The fourth-order valence-corrected chi connectivity index (χ4v) is 0.786. The molecule has 1 heterocycles. The van der Waals surface area contributed by atoms with E-state index in [4.69, 9.17) is 22.5 Å². The molecule has 0 aliphatic heterocycles. The SMILES string of the molecule is Cl.Nc1nc(Cl)ccc1/C=N/O. The minimum atomic E-state index is 0. The molecule has 0 saturated carbocycles. The van der Waals surface area contributed by atoms with E-state index in [0.717, 1.165) is 0 Å². The van der Waals surface area contributed by atoms with Crippen LogP contribution in [0.1, 0.15) is 5.56 Å². The van der Waals surface area contributed by atoms with Gasteiger partial charge in [-0.05, 0) is 12.1 Å². The Balaban J connectivity index is 0.00000121. The number of anilines is 1. The Labute approximate surface area is 80.5 Å². The summed E-state index contributed by atoms with van der Waals surface area (Å²) in [5, 5.41) is 11.3. The van der Waals surface area contributed by atoms with Gasteiger partial charge in [-0.15, -0.1) is 12.4 Å². The summed E-state index contributed by atoms with van der Waals surface area (Å²) in [6.07, 6.45) is 1.19. The van der Waals surface area contributed by atoms with Gasteiger partial charge in [0.05, 0.1) is 6.21 Å². The van der Waals surface area contributed by atoms with Crippen LogP contribution < -0.4 is 5.73 Å². The standard InChI is InChI=1S/C6H6ClN3O.ClH/c7-5-2-1-4(3-9-11)6(8)10-5;/h1-3,11H,(H2,8,10);1H/b9-3+;. The van der Waals surface area contributed by atoms with Crippen LogP contribution in [0.5, 0.6) is 0 Å². The van der Waals surface area contributed by atoms with Gasteiger partial charge in [-0.25, -0.2) is 4.98 Å². The minimum Gasteiger partial charge on any atom is -0.411 e. The molecule has 0 unspecified atom stereocenters. The lowest BCUT2D eigenvalue weighted by Crippen LogP contribution is -1.96. The molecule has 12 heavy (non-hydrogen) atoms. The molecule has 0 atom stereocenters. The van der Waals surface area contributed by atoms with Gasteiger partial charge >= 0.3 is 0 Å². The van der Waals surface area contributed by atoms with Crippen LogP contribution in [0.2, 0.25) is 5.15 Å². The van der Waals surface area contributed by atoms with Gasteiger partial charge in [0.2, 0.25) is 0 Å². The van der Waals surface area contributed by atoms with E-state index in [2.05, 4.69) is 10.1 Å². The van der Waals surface area contributed by atoms with Crippen LogP contribution in [0.4, 0.5) is 5.82 Å². The van der Waals surface area contributed by atoms with Crippen molar-refractivity contribution in [2.45, 2.75) is 0 Å². The van der Waals surface area contributed by atoms with Crippen molar-refractivity contribution in [3.05, 3.63) is 22.8 Å². The molecule has 0 aliphatic rings. The highest BCUT2D eigenvalue weighted by atomic mass is 35.5. The van der Waals surface area contributed by atoms with Gasteiger partial charge in [-0.3, -0.25) is 0 Å². The first-order valence-corrected chi connectivity index (χ1v) is 3.21. The van der Waals surface area contributed by atoms with Crippen LogP contribution in [0, 0.1) is 0 Å². The number of rotatable bonds is 1. The Morgan fingerprint density at radius 1 is 1.58 bits per heavy atom. The lowest BCUT2D eigenvalue weighted by atomic mass is 10.3. The molecule has 3 N–H and O–H groups in total. The number of aromatic nitrogens is 1. The van der Waals surface area contributed by atoms with Crippen molar-refractivity contribution in [2.75, 3.05) is 5.73 Å². The molecular weight excluding hydrogens is 201 g/mol. The van der Waals surface area contributed by atoms with Crippen LogP contribution in [-0.4, -0.2) is 16.4 Å². The normalized spacial score (nSPS) is 9.75. The van der Waals surface area contributed by atoms with E-state index in [9.17, 15) is 0 Å². The number of pyridine rings is 1. The molecule has 0 aliphatic carbocycles. The molecular formula is C6H7Cl2N3O. The van der Waals surface area contributed by atoms with Crippen molar-refractivity contribution in [1.82, 2.24) is 4.98 Å². The maximum atomic E-state index is 8.17. The number of nitrogens with zero attached hydrogens (tertiary/aromatic N) is 2. The molecule has 1 aromatic rings. The van der Waals surface area contributed by atoms with Gasteiger partial charge in [0, 0.05) is 5.56 Å². The lowest BCUT2D eigenvalue weighted by molar-refractivity contribution is 0.322. The second kappa shape index (κ2) is 4.79. The highest BCUT2D eigenvalue weighted by Gasteiger charge is 1.97. The highest BCUT2D eigenvalue weighted by molar-refractivity contribution is 6.29. The average molecular weight is 208 g/mol. The summed E-state index contributed by atoms with van der Waals surface area (Å²) in [6, 6.07) is 3.18. The third kappa shape index (κ3) is 2.56. The second-order valence-electron chi connectivity index (χ2n) is 1.85. The largest absolute Gasteiger partial charge is 0.411 e. The minimum absolute atomic E-state index is 0. The number of hydrogen-bond acceptors (Lipinski definition) is 4. The Morgan fingerprint density at radius 2 is 2.25 bits per heavy atom. The molecule has 0 aromatic carbocycles. The highest BCUT2D eigenvalue weighted by Crippen LogP contribution is 2.10. The summed E-state index contributed by atoms with van der Waals surface area (Å²) in [5.74, 6) is 0.246. The summed E-state index contributed by atoms with van der Waals surface area (Å²) < 4.78 is 0. The fourth-order valence-electron chi connectivity index (χ4n) is 0.632.